The van der Waals surface area contributed by atoms with Gasteiger partial charge in [-0.15, -0.1) is 0 Å². The van der Waals surface area contributed by atoms with Crippen LogP contribution in [-0.4, -0.2) is 27.9 Å². The minimum Gasteiger partial charge on any atom is -0.383 e. The van der Waals surface area contributed by atoms with Crippen molar-refractivity contribution in [3.63, 3.8) is 0 Å². The van der Waals surface area contributed by atoms with Crippen LogP contribution in [-0.2, 0) is 12.1 Å². The van der Waals surface area contributed by atoms with Crippen molar-refractivity contribution in [3.05, 3.63) is 46.5 Å². The third-order valence-corrected chi connectivity index (χ3v) is 5.35. The van der Waals surface area contributed by atoms with Crippen LogP contribution in [0.15, 0.2) is 30.9 Å². The van der Waals surface area contributed by atoms with Crippen molar-refractivity contribution >= 4 is 31.3 Å². The Hall–Kier alpha value is -0.883. The number of aromatic nitrogens is 3. The summed E-state index contributed by atoms with van der Waals surface area (Å²) >= 11 is 12.4. The van der Waals surface area contributed by atoms with Gasteiger partial charge in [0, 0.05) is 23.7 Å². The third kappa shape index (κ3) is 4.29. The lowest BCUT2D eigenvalue weighted by Gasteiger charge is -2.34. The molecule has 2 rings (SSSR count). The zero-order valence-corrected chi connectivity index (χ0v) is 14.9. The van der Waals surface area contributed by atoms with E-state index >= 15 is 0 Å². The van der Waals surface area contributed by atoms with Gasteiger partial charge in [0.2, 0.25) is 0 Å². The zero-order chi connectivity index (χ0) is 15.7. The Bertz CT molecular complexity index is 613. The minimum absolute atomic E-state index is 0.303. The van der Waals surface area contributed by atoms with Crippen molar-refractivity contribution < 1.29 is 5.11 Å². The van der Waals surface area contributed by atoms with Crippen molar-refractivity contribution in [2.45, 2.75) is 37.8 Å². The summed E-state index contributed by atoms with van der Waals surface area (Å²) in [6, 6.07) is 5.83. The van der Waals surface area contributed by atoms with Crippen molar-refractivity contribution in [2.75, 3.05) is 0 Å². The molecule has 0 bridgehead atoms. The maximum absolute atomic E-state index is 11.3. The molecule has 0 fully saturated rings. The van der Waals surface area contributed by atoms with Gasteiger partial charge in [-0.25, -0.2) is 9.67 Å². The Morgan fingerprint density at radius 3 is 2.57 bits per heavy atom. The summed E-state index contributed by atoms with van der Waals surface area (Å²) in [5.74, 6) is 0. The standard InChI is InChI=1S/C14H19Cl2N3OSi/c1-21(2,3)8-14(20,7-19-10-17-9-18-19)12-6-11(15)4-5-13(12)16/h4-6,9-10,20H,7-8H2,1-3H3. The summed E-state index contributed by atoms with van der Waals surface area (Å²) in [5.41, 5.74) is -0.463. The summed E-state index contributed by atoms with van der Waals surface area (Å²) in [6.07, 6.45) is 3.04. The molecular formula is C14H19Cl2N3OSi. The van der Waals surface area contributed by atoms with Crippen LogP contribution < -0.4 is 0 Å². The normalized spacial score (nSPS) is 15.0. The summed E-state index contributed by atoms with van der Waals surface area (Å²) in [4.78, 5) is 3.93. The summed E-state index contributed by atoms with van der Waals surface area (Å²) in [5, 5.41) is 16.5. The van der Waals surface area contributed by atoms with E-state index in [9.17, 15) is 5.11 Å². The van der Waals surface area contributed by atoms with Gasteiger partial charge in [0.25, 0.3) is 0 Å². The van der Waals surface area contributed by atoms with Gasteiger partial charge in [-0.3, -0.25) is 0 Å². The van der Waals surface area contributed by atoms with Crippen LogP contribution in [0, 0.1) is 0 Å². The second kappa shape index (κ2) is 6.08. The number of aliphatic hydroxyl groups is 1. The highest BCUT2D eigenvalue weighted by atomic mass is 35.5. The van der Waals surface area contributed by atoms with Crippen LogP contribution in [0.2, 0.25) is 35.7 Å². The SMILES string of the molecule is C[Si](C)(C)CC(O)(Cn1cncn1)c1cc(Cl)ccc1Cl. The number of hydrogen-bond donors (Lipinski definition) is 1. The largest absolute Gasteiger partial charge is 0.383 e. The van der Waals surface area contributed by atoms with Gasteiger partial charge in [-0.1, -0.05) is 42.8 Å². The predicted molar refractivity (Wildman–Crippen MR) is 88.5 cm³/mol. The van der Waals surface area contributed by atoms with E-state index in [-0.39, 0.29) is 0 Å². The van der Waals surface area contributed by atoms with E-state index in [0.717, 1.165) is 0 Å². The van der Waals surface area contributed by atoms with Gasteiger partial charge in [0.1, 0.15) is 18.3 Å². The van der Waals surface area contributed by atoms with E-state index in [1.54, 1.807) is 29.2 Å². The first-order chi connectivity index (χ1) is 9.70. The molecule has 0 amide bonds. The molecule has 1 aromatic heterocycles. The quantitative estimate of drug-likeness (QED) is 0.839. The topological polar surface area (TPSA) is 50.9 Å². The van der Waals surface area contributed by atoms with Crippen LogP contribution in [0.25, 0.3) is 0 Å². The third-order valence-electron chi connectivity index (χ3n) is 3.14. The molecule has 1 aromatic carbocycles. The molecule has 4 nitrogen and oxygen atoms in total. The highest BCUT2D eigenvalue weighted by molar-refractivity contribution is 6.76. The van der Waals surface area contributed by atoms with Crippen molar-refractivity contribution in [1.29, 1.82) is 0 Å². The van der Waals surface area contributed by atoms with Gasteiger partial charge >= 0.3 is 0 Å². The minimum atomic E-state index is -1.56. The van der Waals surface area contributed by atoms with Gasteiger partial charge in [-0.05, 0) is 24.2 Å². The highest BCUT2D eigenvalue weighted by Crippen LogP contribution is 2.37. The van der Waals surface area contributed by atoms with Gasteiger partial charge in [0.15, 0.2) is 0 Å². The lowest BCUT2D eigenvalue weighted by Crippen LogP contribution is -2.39. The lowest BCUT2D eigenvalue weighted by atomic mass is 9.95. The Kier molecular flexibility index (Phi) is 4.78. The molecule has 0 saturated carbocycles. The van der Waals surface area contributed by atoms with Gasteiger partial charge in [-0.2, -0.15) is 5.10 Å². The summed E-state index contributed by atoms with van der Waals surface area (Å²) < 4.78 is 1.62. The molecule has 7 heteroatoms. The Labute approximate surface area is 135 Å². The van der Waals surface area contributed by atoms with E-state index in [2.05, 4.69) is 29.7 Å². The molecule has 0 radical (unpaired) electrons. The van der Waals surface area contributed by atoms with Crippen LogP contribution in [0.3, 0.4) is 0 Å². The molecule has 1 N–H and O–H groups in total. The molecule has 21 heavy (non-hydrogen) atoms. The summed E-state index contributed by atoms with van der Waals surface area (Å²) in [6.45, 7) is 6.92. The fourth-order valence-corrected chi connectivity index (χ4v) is 5.07. The van der Waals surface area contributed by atoms with Crippen LogP contribution in [0.4, 0.5) is 0 Å². The Morgan fingerprint density at radius 2 is 2.00 bits per heavy atom. The lowest BCUT2D eigenvalue weighted by molar-refractivity contribution is 0.0333. The van der Waals surface area contributed by atoms with E-state index < -0.39 is 13.7 Å². The maximum atomic E-state index is 11.3. The van der Waals surface area contributed by atoms with Crippen LogP contribution >= 0.6 is 23.2 Å². The molecule has 0 aliphatic carbocycles. The Morgan fingerprint density at radius 1 is 1.29 bits per heavy atom. The second-order valence-corrected chi connectivity index (χ2v) is 12.8. The fraction of sp³-hybridized carbons (Fsp3) is 0.429. The smallest absolute Gasteiger partial charge is 0.137 e. The number of benzene rings is 1. The molecule has 0 saturated heterocycles. The average Bonchev–Trinajstić information content (AvgIpc) is 2.82. The molecule has 1 atom stereocenters. The van der Waals surface area contributed by atoms with Crippen LogP contribution in [0.5, 0.6) is 0 Å². The second-order valence-electron chi connectivity index (χ2n) is 6.49. The zero-order valence-electron chi connectivity index (χ0n) is 12.3. The maximum Gasteiger partial charge on any atom is 0.137 e. The number of halogens is 2. The molecule has 114 valence electrons. The number of rotatable bonds is 5. The molecular weight excluding hydrogens is 325 g/mol. The van der Waals surface area contributed by atoms with Crippen molar-refractivity contribution in [1.82, 2.24) is 14.8 Å². The van der Waals surface area contributed by atoms with E-state index in [0.29, 0.717) is 28.2 Å². The molecule has 1 heterocycles. The summed E-state index contributed by atoms with van der Waals surface area (Å²) in [7, 11) is -1.56. The first-order valence-electron chi connectivity index (χ1n) is 6.70. The van der Waals surface area contributed by atoms with Crippen molar-refractivity contribution in [3.8, 4) is 0 Å². The van der Waals surface area contributed by atoms with E-state index in [1.165, 1.54) is 6.33 Å². The van der Waals surface area contributed by atoms with Gasteiger partial charge in [0.05, 0.1) is 6.54 Å². The Balaban J connectivity index is 2.46. The first-order valence-corrected chi connectivity index (χ1v) is 11.2. The monoisotopic (exact) mass is 343 g/mol. The molecule has 0 aliphatic rings. The average molecular weight is 344 g/mol. The molecule has 0 spiro atoms. The van der Waals surface area contributed by atoms with Crippen molar-refractivity contribution in [2.24, 2.45) is 0 Å². The molecule has 2 aromatic rings. The molecule has 1 unspecified atom stereocenters. The fourth-order valence-electron chi connectivity index (χ4n) is 2.55. The molecule has 0 aliphatic heterocycles. The van der Waals surface area contributed by atoms with E-state index in [1.807, 2.05) is 0 Å². The van der Waals surface area contributed by atoms with Gasteiger partial charge < -0.3 is 5.11 Å². The first kappa shape index (κ1) is 16.5. The predicted octanol–water partition coefficient (Wildman–Crippen LogP) is 3.81. The highest BCUT2D eigenvalue weighted by Gasteiger charge is 2.37. The van der Waals surface area contributed by atoms with Crippen LogP contribution in [0.1, 0.15) is 5.56 Å². The number of hydrogen-bond acceptors (Lipinski definition) is 3. The van der Waals surface area contributed by atoms with E-state index in [4.69, 9.17) is 23.2 Å². The number of nitrogens with zero attached hydrogens (tertiary/aromatic N) is 3.